The third-order valence-corrected chi connectivity index (χ3v) is 2.63. The van der Waals surface area contributed by atoms with E-state index in [4.69, 9.17) is 5.26 Å². The second-order valence-electron chi connectivity index (χ2n) is 4.76. The molecule has 23 heavy (non-hydrogen) atoms. The number of aryl methyl sites for hydroxylation is 1. The quantitative estimate of drug-likeness (QED) is 0.393. The molecule has 0 amide bonds. The molecule has 2 nitrogen and oxygen atoms in total. The zero-order valence-electron chi connectivity index (χ0n) is 11.9. The Morgan fingerprint density at radius 2 is 1.43 bits per heavy atom. The Bertz CT molecular complexity index is 706. The van der Waals surface area contributed by atoms with Gasteiger partial charge in [0.2, 0.25) is 0 Å². The van der Waals surface area contributed by atoms with E-state index >= 15 is 0 Å². The van der Waals surface area contributed by atoms with Crippen molar-refractivity contribution in [2.24, 2.45) is 0 Å². The number of nitrogens with zero attached hydrogens (tertiary/aromatic N) is 2. The normalized spacial score (nSPS) is 13.8. The molecule has 0 fully saturated rings. The van der Waals surface area contributed by atoms with E-state index < -0.39 is 7.81 Å². The summed E-state index contributed by atoms with van der Waals surface area (Å²) in [5.74, 6) is 0. The molecule has 2 rings (SSSR count). The molecule has 0 spiro atoms. The van der Waals surface area contributed by atoms with Gasteiger partial charge in [0.05, 0.1) is 11.6 Å². The number of aromatic nitrogens is 1. The number of nitriles is 1. The predicted molar refractivity (Wildman–Crippen MR) is 75.2 cm³/mol. The molecule has 0 aliphatic carbocycles. The van der Waals surface area contributed by atoms with Gasteiger partial charge in [-0.1, -0.05) is 24.3 Å². The Labute approximate surface area is 128 Å². The minimum atomic E-state index is -10.7. The van der Waals surface area contributed by atoms with Crippen molar-refractivity contribution in [2.45, 2.75) is 13.5 Å². The molecule has 0 aliphatic rings. The number of pyridine rings is 1. The van der Waals surface area contributed by atoms with Crippen LogP contribution in [0.2, 0.25) is 0 Å². The van der Waals surface area contributed by atoms with Gasteiger partial charge in [-0.15, -0.1) is 0 Å². The summed E-state index contributed by atoms with van der Waals surface area (Å²) in [7, 11) is -10.7. The molecular formula is C14H13F6N2P. The second-order valence-corrected chi connectivity index (χ2v) is 6.67. The maximum atomic E-state index is 9.87. The maximum absolute atomic E-state index is 10.7. The summed E-state index contributed by atoms with van der Waals surface area (Å²) in [6.07, 6.45) is 3.87. The molecule has 0 radical (unpaired) electrons. The second kappa shape index (κ2) is 5.82. The summed E-state index contributed by atoms with van der Waals surface area (Å²) in [5.41, 5.74) is 3.29. The molecule has 0 atom stereocenters. The van der Waals surface area contributed by atoms with Gasteiger partial charge in [-0.3, -0.25) is 0 Å². The monoisotopic (exact) mass is 354 g/mol. The molecule has 1 aromatic heterocycles. The van der Waals surface area contributed by atoms with Crippen LogP contribution in [0.3, 0.4) is 0 Å². The van der Waals surface area contributed by atoms with Gasteiger partial charge in [0, 0.05) is 17.7 Å². The number of halogens is 6. The zero-order valence-corrected chi connectivity index (χ0v) is 12.8. The Kier molecular flexibility index (Phi) is 4.79. The summed E-state index contributed by atoms with van der Waals surface area (Å²) in [4.78, 5) is 0. The van der Waals surface area contributed by atoms with E-state index in [2.05, 4.69) is 29.7 Å². The van der Waals surface area contributed by atoms with Gasteiger partial charge in [-0.25, -0.2) is 4.57 Å². The molecule has 0 N–H and O–H groups in total. The van der Waals surface area contributed by atoms with Crippen molar-refractivity contribution in [3.8, 4) is 6.07 Å². The summed E-state index contributed by atoms with van der Waals surface area (Å²) < 4.78 is 61.3. The third-order valence-electron chi connectivity index (χ3n) is 2.63. The van der Waals surface area contributed by atoms with Crippen LogP contribution in [0, 0.1) is 18.3 Å². The van der Waals surface area contributed by atoms with Gasteiger partial charge < -0.3 is 0 Å². The van der Waals surface area contributed by atoms with E-state index in [-0.39, 0.29) is 0 Å². The fourth-order valence-electron chi connectivity index (χ4n) is 1.62. The molecule has 126 valence electrons. The van der Waals surface area contributed by atoms with Gasteiger partial charge in [0.25, 0.3) is 0 Å². The molecule has 0 bridgehead atoms. The predicted octanol–water partition coefficient (Wildman–Crippen LogP) is 5.58. The first kappa shape index (κ1) is 18.9. The van der Waals surface area contributed by atoms with Crippen LogP contribution in [0.5, 0.6) is 0 Å². The number of rotatable bonds is 2. The molecule has 2 aromatic rings. The van der Waals surface area contributed by atoms with Gasteiger partial charge in [-0.2, -0.15) is 5.26 Å². The van der Waals surface area contributed by atoms with Crippen LogP contribution in [-0.4, -0.2) is 0 Å². The Morgan fingerprint density at radius 1 is 0.957 bits per heavy atom. The van der Waals surface area contributed by atoms with Crippen LogP contribution in [0.4, 0.5) is 25.2 Å². The standard InChI is InChI=1S/C14H13N2.F6P/c1-12-4-2-3-5-14(12)11-16-8-6-13(10-15)7-9-16;1-7(2,3,4,5)6/h2-9H,11H2,1H3;/q+1;-1. The van der Waals surface area contributed by atoms with Crippen LogP contribution in [0.15, 0.2) is 48.8 Å². The first-order valence-corrected chi connectivity index (χ1v) is 8.27. The Balaban J connectivity index is 0.000000322. The van der Waals surface area contributed by atoms with Crippen LogP contribution < -0.4 is 4.57 Å². The fraction of sp³-hybridized carbons (Fsp3) is 0.143. The van der Waals surface area contributed by atoms with E-state index in [9.17, 15) is 25.2 Å². The SMILES string of the molecule is Cc1ccccc1C[n+]1ccc(C#N)cc1.F[P-](F)(F)(F)(F)F. The van der Waals surface area contributed by atoms with E-state index in [1.165, 1.54) is 11.1 Å². The molecular weight excluding hydrogens is 341 g/mol. The van der Waals surface area contributed by atoms with E-state index in [1.54, 1.807) is 0 Å². The van der Waals surface area contributed by atoms with Crippen molar-refractivity contribution in [1.82, 2.24) is 0 Å². The van der Waals surface area contributed by atoms with Crippen molar-refractivity contribution < 1.29 is 29.7 Å². The minimum absolute atomic E-state index is 0.695. The molecule has 0 saturated carbocycles. The summed E-state index contributed by atoms with van der Waals surface area (Å²) >= 11 is 0. The number of hydrogen-bond acceptors (Lipinski definition) is 1. The van der Waals surface area contributed by atoms with Gasteiger partial charge in [0.15, 0.2) is 18.9 Å². The summed E-state index contributed by atoms with van der Waals surface area (Å²) in [6, 6.07) is 14.1. The Hall–Kier alpha value is -2.13. The third kappa shape index (κ3) is 10.3. The van der Waals surface area contributed by atoms with Crippen molar-refractivity contribution in [3.63, 3.8) is 0 Å². The average molecular weight is 354 g/mol. The molecule has 0 aliphatic heterocycles. The van der Waals surface area contributed by atoms with Crippen molar-refractivity contribution in [2.75, 3.05) is 0 Å². The molecule has 1 heterocycles. The van der Waals surface area contributed by atoms with E-state index in [0.29, 0.717) is 5.56 Å². The van der Waals surface area contributed by atoms with Gasteiger partial charge in [-0.05, 0) is 12.5 Å². The number of hydrogen-bond donors (Lipinski definition) is 0. The summed E-state index contributed by atoms with van der Waals surface area (Å²) in [5, 5.41) is 8.70. The number of benzene rings is 1. The molecule has 1 aromatic carbocycles. The van der Waals surface area contributed by atoms with Crippen molar-refractivity contribution in [1.29, 1.82) is 5.26 Å². The molecule has 0 saturated heterocycles. The fourth-order valence-corrected chi connectivity index (χ4v) is 1.62. The first-order chi connectivity index (χ1) is 10.2. The van der Waals surface area contributed by atoms with Gasteiger partial charge in [0.1, 0.15) is 0 Å². The van der Waals surface area contributed by atoms with Crippen molar-refractivity contribution in [3.05, 3.63) is 65.5 Å². The first-order valence-electron chi connectivity index (χ1n) is 6.25. The van der Waals surface area contributed by atoms with Gasteiger partial charge >= 0.3 is 33.0 Å². The molecule has 0 unspecified atom stereocenters. The summed E-state index contributed by atoms with van der Waals surface area (Å²) in [6.45, 7) is 2.96. The van der Waals surface area contributed by atoms with Crippen LogP contribution in [0.25, 0.3) is 0 Å². The van der Waals surface area contributed by atoms with E-state index in [0.717, 1.165) is 6.54 Å². The van der Waals surface area contributed by atoms with Crippen LogP contribution in [-0.2, 0) is 6.54 Å². The van der Waals surface area contributed by atoms with Crippen LogP contribution in [0.1, 0.15) is 16.7 Å². The van der Waals surface area contributed by atoms with Crippen LogP contribution >= 0.6 is 7.81 Å². The van der Waals surface area contributed by atoms with E-state index in [1.807, 2.05) is 36.7 Å². The zero-order chi connectivity index (χ0) is 17.8. The average Bonchev–Trinajstić information content (AvgIpc) is 2.39. The Morgan fingerprint density at radius 3 is 1.87 bits per heavy atom. The van der Waals surface area contributed by atoms with Crippen molar-refractivity contribution >= 4 is 7.81 Å². The topological polar surface area (TPSA) is 27.7 Å². The molecule has 9 heteroatoms.